The van der Waals surface area contributed by atoms with Gasteiger partial charge in [0.2, 0.25) is 6.23 Å². The van der Waals surface area contributed by atoms with Crippen LogP contribution in [0.2, 0.25) is 0 Å². The van der Waals surface area contributed by atoms with Crippen LogP contribution in [0, 0.1) is 6.92 Å². The number of hydrogen-bond acceptors (Lipinski definition) is 4. The molecule has 0 bridgehead atoms. The molecular formula is C30H33BrN2O2. The van der Waals surface area contributed by atoms with Crippen molar-refractivity contribution in [1.82, 2.24) is 5.01 Å². The first-order valence-electron chi connectivity index (χ1n) is 12.7. The van der Waals surface area contributed by atoms with Crippen molar-refractivity contribution in [2.24, 2.45) is 5.10 Å². The van der Waals surface area contributed by atoms with E-state index in [0.717, 1.165) is 46.7 Å². The summed E-state index contributed by atoms with van der Waals surface area (Å²) in [5.41, 5.74) is 5.77. The van der Waals surface area contributed by atoms with Crippen molar-refractivity contribution in [3.8, 4) is 11.5 Å². The molecule has 0 saturated carbocycles. The van der Waals surface area contributed by atoms with Crippen LogP contribution in [0.4, 0.5) is 0 Å². The maximum atomic E-state index is 6.52. The molecule has 2 heterocycles. The summed E-state index contributed by atoms with van der Waals surface area (Å²) in [6.07, 6.45) is 6.77. The van der Waals surface area contributed by atoms with Crippen LogP contribution < -0.4 is 9.47 Å². The zero-order valence-electron chi connectivity index (χ0n) is 20.5. The third-order valence-electron chi connectivity index (χ3n) is 6.82. The fourth-order valence-electron chi connectivity index (χ4n) is 4.82. The molecule has 5 rings (SSSR count). The first-order chi connectivity index (χ1) is 17.1. The first-order valence-corrected chi connectivity index (χ1v) is 13.5. The van der Waals surface area contributed by atoms with Crippen LogP contribution in [0.1, 0.15) is 80.0 Å². The minimum absolute atomic E-state index is 0.136. The maximum Gasteiger partial charge on any atom is 0.213 e. The summed E-state index contributed by atoms with van der Waals surface area (Å²) < 4.78 is 13.6. The monoisotopic (exact) mass is 532 g/mol. The Kier molecular flexibility index (Phi) is 7.43. The molecule has 2 aliphatic rings. The number of fused-ring (bicyclic) bond motifs is 3. The molecule has 0 fully saturated rings. The highest BCUT2D eigenvalue weighted by molar-refractivity contribution is 9.10. The average Bonchev–Trinajstić information content (AvgIpc) is 3.32. The van der Waals surface area contributed by atoms with Crippen LogP contribution in [-0.2, 0) is 0 Å². The number of halogens is 1. The summed E-state index contributed by atoms with van der Waals surface area (Å²) in [7, 11) is 0. The SMILES string of the molecule is CCCCCCCOc1ccc([C@H]2Oc3ccc(Br)cc3[C@H]3CC(c4ccc(C)cc4)=NN32)cc1. The van der Waals surface area contributed by atoms with E-state index in [1.165, 1.54) is 42.4 Å². The van der Waals surface area contributed by atoms with Gasteiger partial charge in [0.05, 0.1) is 18.4 Å². The minimum atomic E-state index is -0.278. The van der Waals surface area contributed by atoms with Gasteiger partial charge in [-0.1, -0.05) is 78.4 Å². The molecule has 0 unspecified atom stereocenters. The van der Waals surface area contributed by atoms with Gasteiger partial charge in [0.25, 0.3) is 0 Å². The third kappa shape index (κ3) is 5.40. The van der Waals surface area contributed by atoms with Crippen LogP contribution in [0.3, 0.4) is 0 Å². The second-order valence-electron chi connectivity index (χ2n) is 9.50. The lowest BCUT2D eigenvalue weighted by molar-refractivity contribution is -0.0191. The number of benzene rings is 3. The summed E-state index contributed by atoms with van der Waals surface area (Å²) >= 11 is 3.64. The van der Waals surface area contributed by atoms with Crippen LogP contribution in [0.5, 0.6) is 11.5 Å². The molecule has 3 aromatic rings. The smallest absolute Gasteiger partial charge is 0.213 e. The molecule has 4 nitrogen and oxygen atoms in total. The first kappa shape index (κ1) is 23.9. The molecule has 0 aromatic heterocycles. The molecule has 3 aromatic carbocycles. The highest BCUT2D eigenvalue weighted by Gasteiger charge is 2.41. The van der Waals surface area contributed by atoms with Crippen molar-refractivity contribution in [3.05, 3.63) is 93.5 Å². The minimum Gasteiger partial charge on any atom is -0.494 e. The van der Waals surface area contributed by atoms with E-state index in [2.05, 4.69) is 95.5 Å². The Bertz CT molecular complexity index is 1170. The Morgan fingerprint density at radius 1 is 0.971 bits per heavy atom. The van der Waals surface area contributed by atoms with E-state index in [9.17, 15) is 0 Å². The number of ether oxygens (including phenoxy) is 2. The van der Waals surface area contributed by atoms with E-state index in [0.29, 0.717) is 0 Å². The van der Waals surface area contributed by atoms with Gasteiger partial charge in [-0.3, -0.25) is 0 Å². The Morgan fingerprint density at radius 2 is 1.74 bits per heavy atom. The molecular weight excluding hydrogens is 500 g/mol. The van der Waals surface area contributed by atoms with Gasteiger partial charge in [-0.25, -0.2) is 5.01 Å². The zero-order valence-corrected chi connectivity index (χ0v) is 22.1. The second-order valence-corrected chi connectivity index (χ2v) is 10.4. The Morgan fingerprint density at radius 3 is 2.51 bits per heavy atom. The van der Waals surface area contributed by atoms with Crippen LogP contribution in [0.25, 0.3) is 0 Å². The highest BCUT2D eigenvalue weighted by atomic mass is 79.9. The Labute approximate surface area is 217 Å². The summed E-state index contributed by atoms with van der Waals surface area (Å²) in [6.45, 7) is 5.12. The fourth-order valence-corrected chi connectivity index (χ4v) is 5.20. The summed E-state index contributed by atoms with van der Waals surface area (Å²) in [5, 5.41) is 7.21. The molecule has 5 heteroatoms. The maximum absolute atomic E-state index is 6.52. The van der Waals surface area contributed by atoms with Crippen molar-refractivity contribution >= 4 is 21.6 Å². The molecule has 35 heavy (non-hydrogen) atoms. The second kappa shape index (κ2) is 10.9. The van der Waals surface area contributed by atoms with Crippen molar-refractivity contribution in [3.63, 3.8) is 0 Å². The van der Waals surface area contributed by atoms with Crippen molar-refractivity contribution in [1.29, 1.82) is 0 Å². The van der Waals surface area contributed by atoms with E-state index < -0.39 is 0 Å². The van der Waals surface area contributed by atoms with Crippen molar-refractivity contribution < 1.29 is 9.47 Å². The number of unbranched alkanes of at least 4 members (excludes halogenated alkanes) is 4. The zero-order chi connectivity index (χ0) is 24.2. The standard InChI is InChI=1S/C30H33BrN2O2/c1-3-4-5-6-7-18-34-25-15-12-23(13-16-25)30-33-28(26-19-24(31)14-17-29(26)35-30)20-27(32-33)22-10-8-21(2)9-11-22/h8-17,19,28,30H,3-7,18,20H2,1-2H3/t28-,30-/m1/s1. The van der Waals surface area contributed by atoms with E-state index in [4.69, 9.17) is 14.6 Å². The topological polar surface area (TPSA) is 34.1 Å². The van der Waals surface area contributed by atoms with Crippen LogP contribution >= 0.6 is 15.9 Å². The van der Waals surface area contributed by atoms with E-state index in [1.807, 2.05) is 6.07 Å². The van der Waals surface area contributed by atoms with Crippen molar-refractivity contribution in [2.75, 3.05) is 6.61 Å². The lowest BCUT2D eigenvalue weighted by Gasteiger charge is -2.38. The van der Waals surface area contributed by atoms with Gasteiger partial charge in [-0.15, -0.1) is 0 Å². The lowest BCUT2D eigenvalue weighted by Crippen LogP contribution is -2.33. The van der Waals surface area contributed by atoms with Crippen LogP contribution in [-0.4, -0.2) is 17.3 Å². The Hall–Kier alpha value is -2.79. The summed E-state index contributed by atoms with van der Waals surface area (Å²) in [4.78, 5) is 0. The number of hydrazone groups is 1. The van der Waals surface area contributed by atoms with E-state index in [1.54, 1.807) is 0 Å². The predicted octanol–water partition coefficient (Wildman–Crippen LogP) is 8.35. The number of aryl methyl sites for hydroxylation is 1. The summed E-state index contributed by atoms with van der Waals surface area (Å²) in [6, 6.07) is 23.3. The van der Waals surface area contributed by atoms with Gasteiger partial charge in [0.1, 0.15) is 11.5 Å². The molecule has 0 saturated heterocycles. The molecule has 0 N–H and O–H groups in total. The lowest BCUT2D eigenvalue weighted by atomic mass is 9.95. The number of hydrogen-bond donors (Lipinski definition) is 0. The normalized spacial score (nSPS) is 18.5. The van der Waals surface area contributed by atoms with Crippen LogP contribution in [0.15, 0.2) is 76.3 Å². The van der Waals surface area contributed by atoms with Crippen molar-refractivity contribution in [2.45, 2.75) is 64.6 Å². The summed E-state index contributed by atoms with van der Waals surface area (Å²) in [5.74, 6) is 1.83. The average molecular weight is 534 g/mol. The molecule has 0 radical (unpaired) electrons. The van der Waals surface area contributed by atoms with E-state index in [-0.39, 0.29) is 12.3 Å². The number of nitrogens with zero attached hydrogens (tertiary/aromatic N) is 2. The van der Waals surface area contributed by atoms with E-state index >= 15 is 0 Å². The third-order valence-corrected chi connectivity index (χ3v) is 7.31. The molecule has 0 amide bonds. The fraction of sp³-hybridized carbons (Fsp3) is 0.367. The molecule has 182 valence electrons. The molecule has 0 aliphatic carbocycles. The Balaban J connectivity index is 1.36. The molecule has 2 aliphatic heterocycles. The van der Waals surface area contributed by atoms with Gasteiger partial charge < -0.3 is 9.47 Å². The van der Waals surface area contributed by atoms with Gasteiger partial charge >= 0.3 is 0 Å². The molecule has 2 atom stereocenters. The molecule has 0 spiro atoms. The van der Waals surface area contributed by atoms with Gasteiger partial charge in [-0.05, 0) is 61.4 Å². The number of rotatable bonds is 9. The van der Waals surface area contributed by atoms with Gasteiger partial charge in [-0.2, -0.15) is 5.10 Å². The largest absolute Gasteiger partial charge is 0.494 e. The van der Waals surface area contributed by atoms with Gasteiger partial charge in [0.15, 0.2) is 0 Å². The highest BCUT2D eigenvalue weighted by Crippen LogP contribution is 2.48. The van der Waals surface area contributed by atoms with Gasteiger partial charge in [0, 0.05) is 22.0 Å². The quantitative estimate of drug-likeness (QED) is 0.259. The predicted molar refractivity (Wildman–Crippen MR) is 145 cm³/mol.